The van der Waals surface area contributed by atoms with Crippen molar-refractivity contribution in [2.75, 3.05) is 26.2 Å². The van der Waals surface area contributed by atoms with Gasteiger partial charge in [0.1, 0.15) is 0 Å². The van der Waals surface area contributed by atoms with Gasteiger partial charge in [-0.25, -0.2) is 0 Å². The minimum absolute atomic E-state index is 0.261. The van der Waals surface area contributed by atoms with Gasteiger partial charge in [-0.2, -0.15) is 0 Å². The number of fused-ring (bicyclic) bond motifs is 1. The molecule has 1 fully saturated rings. The van der Waals surface area contributed by atoms with Crippen LogP contribution in [0.4, 0.5) is 0 Å². The highest BCUT2D eigenvalue weighted by molar-refractivity contribution is 6.31. The minimum Gasteiger partial charge on any atom is -0.395 e. The number of nitrogens with zero attached hydrogens (tertiary/aromatic N) is 2. The van der Waals surface area contributed by atoms with Crippen LogP contribution in [0.2, 0.25) is 5.02 Å². The molecule has 0 amide bonds. The third kappa shape index (κ3) is 2.58. The maximum Gasteiger partial charge on any atom is 0.0558 e. The number of benzene rings is 1. The Labute approximate surface area is 124 Å². The van der Waals surface area contributed by atoms with Crippen molar-refractivity contribution in [2.24, 2.45) is 7.05 Å². The van der Waals surface area contributed by atoms with Crippen LogP contribution in [0.1, 0.15) is 24.3 Å². The predicted molar refractivity (Wildman–Crippen MR) is 83.4 cm³/mol. The summed E-state index contributed by atoms with van der Waals surface area (Å²) in [6.07, 6.45) is 4.59. The molecule has 1 aliphatic rings. The fourth-order valence-electron chi connectivity index (χ4n) is 3.32. The highest BCUT2D eigenvalue weighted by Gasteiger charge is 2.23. The van der Waals surface area contributed by atoms with E-state index in [0.717, 1.165) is 24.7 Å². The number of aliphatic hydroxyl groups is 1. The molecule has 1 aromatic heterocycles. The molecule has 0 saturated carbocycles. The topological polar surface area (TPSA) is 28.4 Å². The highest BCUT2D eigenvalue weighted by Crippen LogP contribution is 2.34. The summed E-state index contributed by atoms with van der Waals surface area (Å²) in [6.45, 7) is 3.22. The Morgan fingerprint density at radius 3 is 2.75 bits per heavy atom. The predicted octanol–water partition coefficient (Wildman–Crippen LogP) is 3.00. The number of rotatable bonds is 3. The van der Waals surface area contributed by atoms with E-state index in [9.17, 15) is 0 Å². The van der Waals surface area contributed by atoms with Crippen LogP contribution in [0, 0.1) is 0 Å². The standard InChI is InChI=1S/C16H21ClN2O/c1-18-11-15(14-3-2-13(17)10-16(14)18)12-4-6-19(7-5-12)8-9-20/h2-3,10-12,20H,4-9H2,1H3. The van der Waals surface area contributed by atoms with Crippen LogP contribution in [0.15, 0.2) is 24.4 Å². The quantitative estimate of drug-likeness (QED) is 0.942. The summed E-state index contributed by atoms with van der Waals surface area (Å²) in [7, 11) is 2.09. The normalized spacial score (nSPS) is 17.9. The first-order chi connectivity index (χ1) is 9.69. The van der Waals surface area contributed by atoms with E-state index in [4.69, 9.17) is 16.7 Å². The molecule has 0 bridgehead atoms. The molecule has 0 atom stereocenters. The number of aromatic nitrogens is 1. The fourth-order valence-corrected chi connectivity index (χ4v) is 3.49. The molecule has 1 saturated heterocycles. The molecule has 1 aromatic carbocycles. The first-order valence-electron chi connectivity index (χ1n) is 7.26. The van der Waals surface area contributed by atoms with E-state index in [2.05, 4.69) is 28.8 Å². The second-order valence-electron chi connectivity index (χ2n) is 5.70. The average Bonchev–Trinajstić information content (AvgIpc) is 2.77. The lowest BCUT2D eigenvalue weighted by Gasteiger charge is -2.31. The molecule has 20 heavy (non-hydrogen) atoms. The summed E-state index contributed by atoms with van der Waals surface area (Å²) in [6, 6.07) is 6.17. The summed E-state index contributed by atoms with van der Waals surface area (Å²) < 4.78 is 2.18. The SMILES string of the molecule is Cn1cc(C2CCN(CCO)CC2)c2ccc(Cl)cc21. The van der Waals surface area contributed by atoms with Gasteiger partial charge in [0.05, 0.1) is 6.61 Å². The second kappa shape index (κ2) is 5.76. The van der Waals surface area contributed by atoms with E-state index in [0.29, 0.717) is 5.92 Å². The van der Waals surface area contributed by atoms with Crippen molar-refractivity contribution in [3.8, 4) is 0 Å². The first kappa shape index (κ1) is 13.9. The fraction of sp³-hybridized carbons (Fsp3) is 0.500. The molecule has 1 N–H and O–H groups in total. The largest absolute Gasteiger partial charge is 0.395 e. The highest BCUT2D eigenvalue weighted by atomic mass is 35.5. The van der Waals surface area contributed by atoms with Crippen molar-refractivity contribution < 1.29 is 5.11 Å². The Hall–Kier alpha value is -1.03. The van der Waals surface area contributed by atoms with Gasteiger partial charge in [-0.1, -0.05) is 17.7 Å². The van der Waals surface area contributed by atoms with Gasteiger partial charge in [-0.3, -0.25) is 0 Å². The summed E-state index contributed by atoms with van der Waals surface area (Å²) in [5, 5.41) is 11.1. The van der Waals surface area contributed by atoms with E-state index in [-0.39, 0.29) is 6.61 Å². The summed E-state index contributed by atoms with van der Waals surface area (Å²) in [5.41, 5.74) is 2.66. The number of β-amino-alcohol motifs (C(OH)–C–C–N with tert-alkyl or cyclic N) is 1. The number of piperidine rings is 1. The lowest BCUT2D eigenvalue weighted by atomic mass is 9.89. The molecule has 3 nitrogen and oxygen atoms in total. The molecule has 2 heterocycles. The first-order valence-corrected chi connectivity index (χ1v) is 7.64. The van der Waals surface area contributed by atoms with Gasteiger partial charge in [-0.15, -0.1) is 0 Å². The van der Waals surface area contributed by atoms with Gasteiger partial charge < -0.3 is 14.6 Å². The van der Waals surface area contributed by atoms with Gasteiger partial charge in [0.25, 0.3) is 0 Å². The Balaban J connectivity index is 1.85. The number of aryl methyl sites for hydroxylation is 1. The zero-order chi connectivity index (χ0) is 14.1. The summed E-state index contributed by atoms with van der Waals surface area (Å²) in [4.78, 5) is 2.35. The zero-order valence-electron chi connectivity index (χ0n) is 11.8. The van der Waals surface area contributed by atoms with Crippen LogP contribution in [-0.4, -0.2) is 40.8 Å². The number of halogens is 1. The van der Waals surface area contributed by atoms with Gasteiger partial charge in [0.15, 0.2) is 0 Å². The average molecular weight is 293 g/mol. The van der Waals surface area contributed by atoms with E-state index >= 15 is 0 Å². The van der Waals surface area contributed by atoms with Crippen molar-refractivity contribution in [2.45, 2.75) is 18.8 Å². The molecule has 0 unspecified atom stereocenters. The molecule has 3 rings (SSSR count). The van der Waals surface area contributed by atoms with Gasteiger partial charge >= 0.3 is 0 Å². The van der Waals surface area contributed by atoms with Crippen LogP contribution in [-0.2, 0) is 7.05 Å². The van der Waals surface area contributed by atoms with E-state index < -0.39 is 0 Å². The van der Waals surface area contributed by atoms with Crippen LogP contribution in [0.3, 0.4) is 0 Å². The Kier molecular flexibility index (Phi) is 4.01. The van der Waals surface area contributed by atoms with E-state index in [1.54, 1.807) is 0 Å². The third-order valence-corrected chi connectivity index (χ3v) is 4.66. The van der Waals surface area contributed by atoms with Gasteiger partial charge in [-0.05, 0) is 49.5 Å². The van der Waals surface area contributed by atoms with Crippen LogP contribution in [0.5, 0.6) is 0 Å². The third-order valence-electron chi connectivity index (χ3n) is 4.43. The smallest absolute Gasteiger partial charge is 0.0558 e. The van der Waals surface area contributed by atoms with Crippen molar-refractivity contribution in [3.63, 3.8) is 0 Å². The van der Waals surface area contributed by atoms with Crippen molar-refractivity contribution in [1.29, 1.82) is 0 Å². The lowest BCUT2D eigenvalue weighted by molar-refractivity contribution is 0.164. The van der Waals surface area contributed by atoms with Crippen molar-refractivity contribution in [1.82, 2.24) is 9.47 Å². The van der Waals surface area contributed by atoms with Crippen molar-refractivity contribution in [3.05, 3.63) is 35.0 Å². The Morgan fingerprint density at radius 2 is 2.05 bits per heavy atom. The Morgan fingerprint density at radius 1 is 1.30 bits per heavy atom. The van der Waals surface area contributed by atoms with Gasteiger partial charge in [0.2, 0.25) is 0 Å². The van der Waals surface area contributed by atoms with Crippen molar-refractivity contribution >= 4 is 22.5 Å². The monoisotopic (exact) mass is 292 g/mol. The maximum absolute atomic E-state index is 9.01. The molecule has 108 valence electrons. The zero-order valence-corrected chi connectivity index (χ0v) is 12.6. The number of likely N-dealkylation sites (tertiary alicyclic amines) is 1. The molecular weight excluding hydrogens is 272 g/mol. The number of hydrogen-bond donors (Lipinski definition) is 1. The molecule has 0 aliphatic carbocycles. The molecular formula is C16H21ClN2O. The number of hydrogen-bond acceptors (Lipinski definition) is 2. The van der Waals surface area contributed by atoms with Crippen LogP contribution in [0.25, 0.3) is 10.9 Å². The molecule has 4 heteroatoms. The molecule has 0 spiro atoms. The maximum atomic E-state index is 9.01. The van der Waals surface area contributed by atoms with E-state index in [1.165, 1.54) is 29.3 Å². The summed E-state index contributed by atoms with van der Waals surface area (Å²) >= 11 is 6.10. The molecule has 0 radical (unpaired) electrons. The lowest BCUT2D eigenvalue weighted by Crippen LogP contribution is -2.34. The Bertz CT molecular complexity index is 600. The number of aliphatic hydroxyl groups excluding tert-OH is 1. The molecule has 1 aliphatic heterocycles. The second-order valence-corrected chi connectivity index (χ2v) is 6.13. The van der Waals surface area contributed by atoms with E-state index in [1.807, 2.05) is 12.1 Å². The van der Waals surface area contributed by atoms with Crippen LogP contribution >= 0.6 is 11.6 Å². The molecule has 2 aromatic rings. The summed E-state index contributed by atoms with van der Waals surface area (Å²) in [5.74, 6) is 0.620. The minimum atomic E-state index is 0.261. The van der Waals surface area contributed by atoms with Gasteiger partial charge in [0, 0.05) is 35.7 Å². The van der Waals surface area contributed by atoms with Crippen LogP contribution < -0.4 is 0 Å².